The van der Waals surface area contributed by atoms with Gasteiger partial charge in [0.1, 0.15) is 0 Å². The zero-order chi connectivity index (χ0) is 7.28. The van der Waals surface area contributed by atoms with Crippen LogP contribution >= 0.6 is 0 Å². The van der Waals surface area contributed by atoms with Crippen LogP contribution in [-0.2, 0) is 4.79 Å². The number of hydrogen-bond acceptors (Lipinski definition) is 2. The van der Waals surface area contributed by atoms with Crippen molar-refractivity contribution in [1.29, 1.82) is 0 Å². The van der Waals surface area contributed by atoms with E-state index in [1.54, 1.807) is 0 Å². The fourth-order valence-electron chi connectivity index (χ4n) is 0.276. The number of carbonyl (C=O) groups excluding carboxylic acids is 1. The van der Waals surface area contributed by atoms with Crippen LogP contribution in [-0.4, -0.2) is 17.1 Å². The van der Waals surface area contributed by atoms with Crippen molar-refractivity contribution in [2.24, 2.45) is 0 Å². The predicted octanol–water partition coefficient (Wildman–Crippen LogP) is 0.371. The molecule has 0 heterocycles. The zero-order valence-electron chi connectivity index (χ0n) is 4.70. The van der Waals surface area contributed by atoms with Crippen LogP contribution in [0.2, 0.25) is 0 Å². The lowest BCUT2D eigenvalue weighted by Gasteiger charge is -1.88. The molecule has 0 spiro atoms. The van der Waals surface area contributed by atoms with E-state index in [1.807, 2.05) is 0 Å². The molecule has 0 fully saturated rings. The molecule has 0 saturated heterocycles. The lowest BCUT2D eigenvalue weighted by Crippen LogP contribution is -2.19. The molecule has 0 aromatic rings. The molecule has 0 aliphatic carbocycles. The molecule has 0 aromatic carbocycles. The lowest BCUT2D eigenvalue weighted by atomic mass is 10.4. The Morgan fingerprint density at radius 1 is 1.67 bits per heavy atom. The third-order valence-electron chi connectivity index (χ3n) is 0.539. The number of carbonyl (C=O) groups is 2. The van der Waals surface area contributed by atoms with E-state index in [1.165, 1.54) is 6.08 Å². The maximum absolute atomic E-state index is 10.2. The Balaban J connectivity index is 3.50. The van der Waals surface area contributed by atoms with Crippen molar-refractivity contribution in [1.82, 2.24) is 5.32 Å². The monoisotopic (exact) mass is 128 g/mol. The number of hydrogen-bond donors (Lipinski definition) is 1. The zero-order valence-corrected chi connectivity index (χ0v) is 4.70. The average Bonchev–Trinajstić information content (AvgIpc) is 1.63. The second kappa shape index (κ2) is 3.65. The van der Waals surface area contributed by atoms with Gasteiger partial charge < -0.3 is 5.11 Å². The number of amides is 2. The molecule has 4 heteroatoms. The maximum Gasteiger partial charge on any atom is 0.434 e. The van der Waals surface area contributed by atoms with Gasteiger partial charge in [0.15, 0.2) is 0 Å². The van der Waals surface area contributed by atoms with Crippen LogP contribution < -0.4 is 5.32 Å². The molecule has 4 nitrogen and oxygen atoms in total. The van der Waals surface area contributed by atoms with Crippen molar-refractivity contribution in [2.45, 2.75) is 6.42 Å². The molecule has 49 valence electrons. The van der Waals surface area contributed by atoms with Crippen LogP contribution in [0, 0.1) is 0 Å². The van der Waals surface area contributed by atoms with Gasteiger partial charge in [0.2, 0.25) is 0 Å². The third-order valence-corrected chi connectivity index (χ3v) is 0.539. The van der Waals surface area contributed by atoms with Gasteiger partial charge in [0, 0.05) is 6.42 Å². The van der Waals surface area contributed by atoms with Crippen molar-refractivity contribution < 1.29 is 14.7 Å². The van der Waals surface area contributed by atoms with E-state index < -0.39 is 12.0 Å². The minimum Gasteiger partial charge on any atom is -0.463 e. The molecular weight excluding hydrogens is 122 g/mol. The molecule has 1 N–H and O–H groups in total. The molecule has 0 aromatic heterocycles. The Kier molecular flexibility index (Phi) is 3.12. The summed E-state index contributed by atoms with van der Waals surface area (Å²) in [5.41, 5.74) is 0. The van der Waals surface area contributed by atoms with Gasteiger partial charge in [-0.1, -0.05) is 6.08 Å². The molecule has 0 rings (SSSR count). The molecule has 0 aliphatic heterocycles. The van der Waals surface area contributed by atoms with Gasteiger partial charge >= 0.3 is 6.09 Å². The topological polar surface area (TPSA) is 68.5 Å². The lowest BCUT2D eigenvalue weighted by molar-refractivity contribution is -0.119. The summed E-state index contributed by atoms with van der Waals surface area (Å²) in [5, 5.41) is 10.6. The first-order valence-corrected chi connectivity index (χ1v) is 2.25. The quantitative estimate of drug-likeness (QED) is 0.546. The summed E-state index contributed by atoms with van der Waals surface area (Å²) in [5.74, 6) is -0.683. The Morgan fingerprint density at radius 2 is 2.22 bits per heavy atom. The number of imide groups is 1. The van der Waals surface area contributed by atoms with Crippen molar-refractivity contribution in [3.63, 3.8) is 0 Å². The highest BCUT2D eigenvalue weighted by atomic mass is 16.4. The van der Waals surface area contributed by atoms with E-state index in [2.05, 4.69) is 11.9 Å². The fraction of sp³-hybridized carbons (Fsp3) is 0.200. The molecule has 0 aliphatic rings. The van der Waals surface area contributed by atoms with Crippen molar-refractivity contribution >= 4 is 12.0 Å². The average molecular weight is 128 g/mol. The molecule has 9 heavy (non-hydrogen) atoms. The number of rotatable bonds is 2. The number of carboxylic acid groups (broad SMARTS) is 1. The van der Waals surface area contributed by atoms with Gasteiger partial charge in [0.25, 0.3) is 5.91 Å². The predicted molar refractivity (Wildman–Crippen MR) is 30.0 cm³/mol. The fourth-order valence-corrected chi connectivity index (χ4v) is 0.276. The second-order valence-corrected chi connectivity index (χ2v) is 1.28. The molecule has 0 saturated carbocycles. The largest absolute Gasteiger partial charge is 0.463 e. The minimum absolute atomic E-state index is 0.0215. The molecule has 0 unspecified atom stereocenters. The van der Waals surface area contributed by atoms with E-state index in [0.29, 0.717) is 0 Å². The van der Waals surface area contributed by atoms with Crippen LogP contribution in [0.1, 0.15) is 6.42 Å². The first kappa shape index (κ1) is 7.68. The van der Waals surface area contributed by atoms with E-state index in [4.69, 9.17) is 5.11 Å². The smallest absolute Gasteiger partial charge is 0.434 e. The Labute approximate surface area is 52.2 Å². The summed E-state index contributed by atoms with van der Waals surface area (Å²) < 4.78 is 0. The highest BCUT2D eigenvalue weighted by Crippen LogP contribution is 1.79. The van der Waals surface area contributed by atoms with Crippen LogP contribution in [0.15, 0.2) is 12.7 Å². The highest BCUT2D eigenvalue weighted by Gasteiger charge is 2.04. The van der Waals surface area contributed by atoms with E-state index in [9.17, 15) is 9.59 Å². The third kappa shape index (κ3) is 4.53. The highest BCUT2D eigenvalue weighted by molar-refractivity contribution is 5.91. The SMILES string of the molecule is C=CCC(=O)[N]C(=O)O. The molecule has 2 amide bonds. The molecule has 0 atom stereocenters. The van der Waals surface area contributed by atoms with Gasteiger partial charge in [-0.25, -0.2) is 4.79 Å². The van der Waals surface area contributed by atoms with Gasteiger partial charge in [-0.05, 0) is 0 Å². The van der Waals surface area contributed by atoms with Gasteiger partial charge in [-0.15, -0.1) is 11.9 Å². The van der Waals surface area contributed by atoms with E-state index in [0.717, 1.165) is 0 Å². The molecular formula is C5H6NO3. The van der Waals surface area contributed by atoms with Crippen LogP contribution in [0.4, 0.5) is 4.79 Å². The van der Waals surface area contributed by atoms with Crippen LogP contribution in [0.3, 0.4) is 0 Å². The Bertz CT molecular complexity index is 141. The Hall–Kier alpha value is -1.32. The van der Waals surface area contributed by atoms with Crippen molar-refractivity contribution in [3.8, 4) is 0 Å². The standard InChI is InChI=1S/C5H6NO3/c1-2-3-4(7)6-5(8)9/h2H,1,3H2,(H,8,9). The van der Waals surface area contributed by atoms with Crippen molar-refractivity contribution in [2.75, 3.05) is 0 Å². The first-order valence-electron chi connectivity index (χ1n) is 2.25. The summed E-state index contributed by atoms with van der Waals surface area (Å²) in [6.07, 6.45) is -0.178. The summed E-state index contributed by atoms with van der Waals surface area (Å²) in [6, 6.07) is 0. The normalized spacial score (nSPS) is 8.00. The van der Waals surface area contributed by atoms with Crippen LogP contribution in [0.25, 0.3) is 0 Å². The summed E-state index contributed by atoms with van der Waals surface area (Å²) >= 11 is 0. The molecule has 1 radical (unpaired) electrons. The second-order valence-electron chi connectivity index (χ2n) is 1.28. The van der Waals surface area contributed by atoms with E-state index >= 15 is 0 Å². The summed E-state index contributed by atoms with van der Waals surface area (Å²) in [4.78, 5) is 19.9. The molecule has 0 bridgehead atoms. The van der Waals surface area contributed by atoms with E-state index in [-0.39, 0.29) is 6.42 Å². The summed E-state index contributed by atoms with van der Waals surface area (Å²) in [7, 11) is 0. The Morgan fingerprint density at radius 3 is 2.56 bits per heavy atom. The van der Waals surface area contributed by atoms with Gasteiger partial charge in [0.05, 0.1) is 0 Å². The van der Waals surface area contributed by atoms with Gasteiger partial charge in [-0.3, -0.25) is 4.79 Å². The van der Waals surface area contributed by atoms with Crippen molar-refractivity contribution in [3.05, 3.63) is 12.7 Å². The van der Waals surface area contributed by atoms with Crippen LogP contribution in [0.5, 0.6) is 0 Å². The maximum atomic E-state index is 10.2. The van der Waals surface area contributed by atoms with Gasteiger partial charge in [-0.2, -0.15) is 0 Å². The minimum atomic E-state index is -1.46. The number of nitrogens with zero attached hydrogens (tertiary/aromatic N) is 1. The summed E-state index contributed by atoms with van der Waals surface area (Å²) in [6.45, 7) is 3.23. The first-order chi connectivity index (χ1) is 4.16.